The maximum absolute atomic E-state index is 6.17. The van der Waals surface area contributed by atoms with Crippen LogP contribution in [-0.4, -0.2) is 4.98 Å². The minimum atomic E-state index is 0.383. The molecule has 0 N–H and O–H groups in total. The Hall–Kier alpha value is -0.770. The molecule has 2 nitrogen and oxygen atoms in total. The summed E-state index contributed by atoms with van der Waals surface area (Å²) in [6.07, 6.45) is 1.75. The van der Waals surface area contributed by atoms with Gasteiger partial charge in [0.2, 0.25) is 0 Å². The lowest BCUT2D eigenvalue weighted by Crippen LogP contribution is -2.02. The van der Waals surface area contributed by atoms with Crippen LogP contribution in [0.3, 0.4) is 0 Å². The Morgan fingerprint density at radius 2 is 2.11 bits per heavy atom. The third kappa shape index (κ3) is 3.62. The van der Waals surface area contributed by atoms with Crippen LogP contribution in [-0.2, 0) is 11.9 Å². The van der Waals surface area contributed by atoms with Crippen LogP contribution in [0.25, 0.3) is 0 Å². The number of rotatable bonds is 4. The molecule has 0 aliphatic rings. The average molecular weight is 361 g/mol. The number of benzene rings is 1. The highest BCUT2D eigenvalue weighted by atomic mass is 79.9. The topological polar surface area (TPSA) is 22.1 Å². The van der Waals surface area contributed by atoms with E-state index >= 15 is 0 Å². The van der Waals surface area contributed by atoms with Gasteiger partial charge in [0.05, 0.1) is 10.7 Å². The lowest BCUT2D eigenvalue weighted by Gasteiger charge is -2.13. The van der Waals surface area contributed by atoms with Gasteiger partial charge in [0.15, 0.2) is 0 Å². The van der Waals surface area contributed by atoms with Crippen molar-refractivity contribution in [3.63, 3.8) is 0 Å². The largest absolute Gasteiger partial charge is 0.485 e. The maximum atomic E-state index is 6.17. The Labute approximate surface area is 130 Å². The molecule has 0 saturated heterocycles. The summed E-state index contributed by atoms with van der Waals surface area (Å²) in [6, 6.07) is 7.41. The van der Waals surface area contributed by atoms with Gasteiger partial charge in [-0.3, -0.25) is 4.98 Å². The molecule has 0 bridgehead atoms. The fourth-order valence-electron chi connectivity index (χ4n) is 1.68. The third-order valence-electron chi connectivity index (χ3n) is 2.70. The van der Waals surface area contributed by atoms with Gasteiger partial charge in [-0.2, -0.15) is 0 Å². The molecule has 0 aliphatic carbocycles. The highest BCUT2D eigenvalue weighted by Gasteiger charge is 2.11. The summed E-state index contributed by atoms with van der Waals surface area (Å²) in [7, 11) is 0. The zero-order valence-electron chi connectivity index (χ0n) is 10.3. The zero-order chi connectivity index (χ0) is 13.8. The minimum absolute atomic E-state index is 0.383. The number of aryl methyl sites for hydroxylation is 1. The predicted octanol–water partition coefficient (Wildman–Crippen LogP) is 5.17. The number of hydrogen-bond acceptors (Lipinski definition) is 2. The van der Waals surface area contributed by atoms with E-state index in [1.165, 1.54) is 0 Å². The number of aromatic nitrogens is 1. The molecule has 5 heteroatoms. The molecule has 0 unspecified atom stereocenters. The summed E-state index contributed by atoms with van der Waals surface area (Å²) in [5.41, 5.74) is 2.91. The quantitative estimate of drug-likeness (QED) is 0.701. The molecule has 19 heavy (non-hydrogen) atoms. The predicted molar refractivity (Wildman–Crippen MR) is 82.4 cm³/mol. The number of halogens is 3. The lowest BCUT2D eigenvalue weighted by atomic mass is 10.2. The monoisotopic (exact) mass is 359 g/mol. The molecule has 0 atom stereocenters. The molecule has 1 aromatic carbocycles. The molecular weight excluding hydrogens is 349 g/mol. The molecule has 0 spiro atoms. The van der Waals surface area contributed by atoms with E-state index in [2.05, 4.69) is 20.9 Å². The first-order valence-corrected chi connectivity index (χ1v) is 7.56. The fourth-order valence-corrected chi connectivity index (χ4v) is 2.69. The molecule has 0 amide bonds. The van der Waals surface area contributed by atoms with E-state index in [1.54, 1.807) is 12.3 Å². The van der Waals surface area contributed by atoms with Crippen molar-refractivity contribution in [2.24, 2.45) is 0 Å². The van der Waals surface area contributed by atoms with E-state index in [0.717, 1.165) is 16.8 Å². The number of hydrogen-bond donors (Lipinski definition) is 0. The molecule has 100 valence electrons. The molecule has 0 radical (unpaired) electrons. The number of pyridine rings is 1. The van der Waals surface area contributed by atoms with Crippen LogP contribution in [0, 0.1) is 6.92 Å². The molecule has 1 heterocycles. The standard InChI is InChI=1S/C14H12BrCl2NO/c1-9-3-2-4-18-13(9)8-19-14-10(7-15)5-11(16)6-12(14)17/h2-6H,7-8H2,1H3. The van der Waals surface area contributed by atoms with Crippen LogP contribution in [0.4, 0.5) is 0 Å². The Kier molecular flexibility index (Phi) is 5.08. The van der Waals surface area contributed by atoms with Crippen LogP contribution in [0.1, 0.15) is 16.8 Å². The van der Waals surface area contributed by atoms with Gasteiger partial charge in [-0.15, -0.1) is 0 Å². The van der Waals surface area contributed by atoms with Crippen LogP contribution >= 0.6 is 39.1 Å². The second-order valence-corrected chi connectivity index (χ2v) is 5.47. The van der Waals surface area contributed by atoms with Crippen LogP contribution in [0.2, 0.25) is 10.0 Å². The van der Waals surface area contributed by atoms with Crippen molar-refractivity contribution >= 4 is 39.1 Å². The molecule has 0 aliphatic heterocycles. The van der Waals surface area contributed by atoms with Crippen LogP contribution < -0.4 is 4.74 Å². The smallest absolute Gasteiger partial charge is 0.142 e. The van der Waals surface area contributed by atoms with Crippen molar-refractivity contribution in [1.82, 2.24) is 4.98 Å². The second kappa shape index (κ2) is 6.60. The summed E-state index contributed by atoms with van der Waals surface area (Å²) < 4.78 is 5.80. The van der Waals surface area contributed by atoms with Crippen molar-refractivity contribution in [2.45, 2.75) is 18.9 Å². The van der Waals surface area contributed by atoms with Gasteiger partial charge in [-0.25, -0.2) is 0 Å². The Balaban J connectivity index is 2.22. The van der Waals surface area contributed by atoms with Gasteiger partial charge in [0, 0.05) is 22.1 Å². The number of nitrogens with zero attached hydrogens (tertiary/aromatic N) is 1. The van der Waals surface area contributed by atoms with Crippen LogP contribution in [0.15, 0.2) is 30.5 Å². The first kappa shape index (κ1) is 14.6. The van der Waals surface area contributed by atoms with E-state index in [0.29, 0.717) is 27.7 Å². The van der Waals surface area contributed by atoms with Crippen molar-refractivity contribution in [3.8, 4) is 5.75 Å². The van der Waals surface area contributed by atoms with Gasteiger partial charge in [-0.1, -0.05) is 45.2 Å². The summed E-state index contributed by atoms with van der Waals surface area (Å²) in [5, 5.41) is 1.74. The average Bonchev–Trinajstić information content (AvgIpc) is 2.38. The lowest BCUT2D eigenvalue weighted by molar-refractivity contribution is 0.298. The second-order valence-electron chi connectivity index (χ2n) is 4.07. The highest BCUT2D eigenvalue weighted by molar-refractivity contribution is 9.08. The van der Waals surface area contributed by atoms with Gasteiger partial charge in [0.25, 0.3) is 0 Å². The number of ether oxygens (including phenoxy) is 1. The van der Waals surface area contributed by atoms with Gasteiger partial charge in [-0.05, 0) is 30.7 Å². The summed E-state index contributed by atoms with van der Waals surface area (Å²) in [5.74, 6) is 0.646. The number of alkyl halides is 1. The molecular formula is C14H12BrCl2NO. The highest BCUT2D eigenvalue weighted by Crippen LogP contribution is 2.34. The molecule has 2 aromatic rings. The molecule has 0 saturated carbocycles. The van der Waals surface area contributed by atoms with Crippen molar-refractivity contribution in [1.29, 1.82) is 0 Å². The normalized spacial score (nSPS) is 10.5. The van der Waals surface area contributed by atoms with Crippen LogP contribution in [0.5, 0.6) is 5.75 Å². The maximum Gasteiger partial charge on any atom is 0.142 e. The van der Waals surface area contributed by atoms with E-state index < -0.39 is 0 Å². The third-order valence-corrected chi connectivity index (χ3v) is 3.80. The molecule has 1 aromatic heterocycles. The van der Waals surface area contributed by atoms with E-state index in [1.807, 2.05) is 25.1 Å². The van der Waals surface area contributed by atoms with E-state index in [9.17, 15) is 0 Å². The minimum Gasteiger partial charge on any atom is -0.485 e. The van der Waals surface area contributed by atoms with E-state index in [-0.39, 0.29) is 0 Å². The fraction of sp³-hybridized carbons (Fsp3) is 0.214. The van der Waals surface area contributed by atoms with E-state index in [4.69, 9.17) is 27.9 Å². The summed E-state index contributed by atoms with van der Waals surface area (Å²) in [4.78, 5) is 4.29. The summed E-state index contributed by atoms with van der Waals surface area (Å²) in [6.45, 7) is 2.38. The van der Waals surface area contributed by atoms with Gasteiger partial charge < -0.3 is 4.74 Å². The first-order valence-electron chi connectivity index (χ1n) is 5.69. The Morgan fingerprint density at radius 1 is 1.32 bits per heavy atom. The molecule has 2 rings (SSSR count). The first-order chi connectivity index (χ1) is 9.11. The van der Waals surface area contributed by atoms with Crippen molar-refractivity contribution in [3.05, 3.63) is 57.3 Å². The van der Waals surface area contributed by atoms with Gasteiger partial charge in [0.1, 0.15) is 12.4 Å². The molecule has 0 fully saturated rings. The summed E-state index contributed by atoms with van der Waals surface area (Å²) >= 11 is 15.5. The SMILES string of the molecule is Cc1cccnc1COc1c(Cl)cc(Cl)cc1CBr. The van der Waals surface area contributed by atoms with Crippen molar-refractivity contribution in [2.75, 3.05) is 0 Å². The zero-order valence-corrected chi connectivity index (χ0v) is 13.4. The Morgan fingerprint density at radius 3 is 2.79 bits per heavy atom. The van der Waals surface area contributed by atoms with Gasteiger partial charge >= 0.3 is 0 Å². The van der Waals surface area contributed by atoms with Crippen molar-refractivity contribution < 1.29 is 4.74 Å². The Bertz CT molecular complexity index is 590.